The van der Waals surface area contributed by atoms with Gasteiger partial charge in [-0.05, 0) is 54.8 Å². The Bertz CT molecular complexity index is 1050. The molecule has 0 aromatic heterocycles. The molecular weight excluding hydrogens is 462 g/mol. The van der Waals surface area contributed by atoms with Crippen molar-refractivity contribution in [3.8, 4) is 5.75 Å². The summed E-state index contributed by atoms with van der Waals surface area (Å²) < 4.78 is 42.4. The standard InChI is InChI=1S/C22H25Cl2FN2O3S/c1-31(28,29)17-4-2-16(3-5-17)30-22-19-10-14(23)11-20(24)18(19)12-21(22)27-9-6-15(13-27)26-8-7-25/h2-5,10-11,15,21-22,26H,6-9,12-13H2,1H3/t15-,21+,22-/m1/s1. The number of fused-ring (bicyclic) bond motifs is 1. The van der Waals surface area contributed by atoms with Crippen molar-refractivity contribution in [2.24, 2.45) is 0 Å². The number of rotatable bonds is 7. The SMILES string of the molecule is CS(=O)(=O)c1ccc(O[C@@H]2c3cc(Cl)cc(Cl)c3C[C@@H]2N2CC[C@@H](NCCF)C2)cc1. The van der Waals surface area contributed by atoms with E-state index in [1.807, 2.05) is 6.07 Å². The highest BCUT2D eigenvalue weighted by Crippen LogP contribution is 2.43. The van der Waals surface area contributed by atoms with Crippen LogP contribution in [0.1, 0.15) is 23.7 Å². The highest BCUT2D eigenvalue weighted by Gasteiger charge is 2.41. The summed E-state index contributed by atoms with van der Waals surface area (Å²) in [4.78, 5) is 2.60. The Morgan fingerprint density at radius 1 is 1.23 bits per heavy atom. The lowest BCUT2D eigenvalue weighted by atomic mass is 10.1. The van der Waals surface area contributed by atoms with Gasteiger partial charge in [0.15, 0.2) is 9.84 Å². The minimum absolute atomic E-state index is 0.0535. The minimum Gasteiger partial charge on any atom is -0.484 e. The molecule has 1 aliphatic heterocycles. The summed E-state index contributed by atoms with van der Waals surface area (Å²) in [5.41, 5.74) is 1.98. The van der Waals surface area contributed by atoms with Crippen molar-refractivity contribution in [2.75, 3.05) is 32.6 Å². The van der Waals surface area contributed by atoms with Gasteiger partial charge < -0.3 is 10.1 Å². The number of benzene rings is 2. The zero-order chi connectivity index (χ0) is 22.2. The summed E-state index contributed by atoms with van der Waals surface area (Å²) in [6, 6.07) is 10.4. The summed E-state index contributed by atoms with van der Waals surface area (Å²) in [5, 5.41) is 4.42. The van der Waals surface area contributed by atoms with Crippen molar-refractivity contribution in [3.63, 3.8) is 0 Å². The third-order valence-corrected chi connectivity index (χ3v) is 7.68. The lowest BCUT2D eigenvalue weighted by Gasteiger charge is -2.30. The first kappa shape index (κ1) is 22.8. The van der Waals surface area contributed by atoms with E-state index in [1.165, 1.54) is 6.26 Å². The van der Waals surface area contributed by atoms with E-state index >= 15 is 0 Å². The first-order valence-corrected chi connectivity index (χ1v) is 12.9. The highest BCUT2D eigenvalue weighted by atomic mass is 35.5. The zero-order valence-corrected chi connectivity index (χ0v) is 19.5. The van der Waals surface area contributed by atoms with Crippen LogP contribution in [-0.4, -0.2) is 58.0 Å². The molecule has 31 heavy (non-hydrogen) atoms. The van der Waals surface area contributed by atoms with Crippen molar-refractivity contribution < 1.29 is 17.5 Å². The van der Waals surface area contributed by atoms with E-state index in [0.717, 1.165) is 37.1 Å². The van der Waals surface area contributed by atoms with E-state index in [1.54, 1.807) is 30.3 Å². The van der Waals surface area contributed by atoms with Gasteiger partial charge in [0.25, 0.3) is 0 Å². The number of nitrogens with zero attached hydrogens (tertiary/aromatic N) is 1. The van der Waals surface area contributed by atoms with E-state index in [4.69, 9.17) is 27.9 Å². The van der Waals surface area contributed by atoms with Gasteiger partial charge in [0.1, 0.15) is 18.5 Å². The van der Waals surface area contributed by atoms with Crippen LogP contribution in [0.25, 0.3) is 0 Å². The van der Waals surface area contributed by atoms with Crippen molar-refractivity contribution in [2.45, 2.75) is 35.9 Å². The smallest absolute Gasteiger partial charge is 0.175 e. The highest BCUT2D eigenvalue weighted by molar-refractivity contribution is 7.90. The van der Waals surface area contributed by atoms with Crippen LogP contribution in [0.4, 0.5) is 4.39 Å². The number of ether oxygens (including phenoxy) is 1. The molecule has 3 atom stereocenters. The first-order valence-electron chi connectivity index (χ1n) is 10.2. The summed E-state index contributed by atoms with van der Waals surface area (Å²) in [7, 11) is -3.28. The Balaban J connectivity index is 1.60. The van der Waals surface area contributed by atoms with Crippen molar-refractivity contribution >= 4 is 33.0 Å². The molecule has 0 unspecified atom stereocenters. The third-order valence-electron chi connectivity index (χ3n) is 6.00. The summed E-state index contributed by atoms with van der Waals surface area (Å²) in [6.07, 6.45) is 2.55. The predicted molar refractivity (Wildman–Crippen MR) is 121 cm³/mol. The van der Waals surface area contributed by atoms with Crippen molar-refractivity contribution in [3.05, 3.63) is 57.6 Å². The fourth-order valence-electron chi connectivity index (χ4n) is 4.50. The maximum atomic E-state index is 12.6. The van der Waals surface area contributed by atoms with Gasteiger partial charge in [-0.2, -0.15) is 0 Å². The largest absolute Gasteiger partial charge is 0.484 e. The van der Waals surface area contributed by atoms with Crippen LogP contribution in [0.15, 0.2) is 41.3 Å². The van der Waals surface area contributed by atoms with Gasteiger partial charge in [0.05, 0.1) is 10.9 Å². The van der Waals surface area contributed by atoms with Gasteiger partial charge in [-0.25, -0.2) is 12.8 Å². The molecule has 0 amide bonds. The fraction of sp³-hybridized carbons (Fsp3) is 0.455. The quantitative estimate of drug-likeness (QED) is 0.638. The molecule has 0 spiro atoms. The summed E-state index contributed by atoms with van der Waals surface area (Å²) in [6.45, 7) is 1.66. The van der Waals surface area contributed by atoms with E-state index in [9.17, 15) is 12.8 Å². The molecule has 1 heterocycles. The summed E-state index contributed by atoms with van der Waals surface area (Å²) >= 11 is 12.8. The number of halogens is 3. The number of hydrogen-bond donors (Lipinski definition) is 1. The van der Waals surface area contributed by atoms with Gasteiger partial charge in [-0.1, -0.05) is 23.2 Å². The first-order chi connectivity index (χ1) is 14.8. The monoisotopic (exact) mass is 486 g/mol. The van der Waals surface area contributed by atoms with E-state index in [2.05, 4.69) is 10.2 Å². The number of likely N-dealkylation sites (tertiary alicyclic amines) is 1. The van der Waals surface area contributed by atoms with Crippen LogP contribution in [0.3, 0.4) is 0 Å². The van der Waals surface area contributed by atoms with Gasteiger partial charge in [0, 0.05) is 47.5 Å². The van der Waals surface area contributed by atoms with E-state index in [-0.39, 0.29) is 29.8 Å². The Hall–Kier alpha value is -1.38. The molecule has 9 heteroatoms. The van der Waals surface area contributed by atoms with Crippen molar-refractivity contribution in [1.29, 1.82) is 0 Å². The molecule has 1 N–H and O–H groups in total. The molecule has 2 aromatic rings. The van der Waals surface area contributed by atoms with Crippen LogP contribution in [0, 0.1) is 0 Å². The van der Waals surface area contributed by atoms with Crippen LogP contribution in [0.2, 0.25) is 10.0 Å². The average Bonchev–Trinajstić information content (AvgIpc) is 3.31. The topological polar surface area (TPSA) is 58.6 Å². The Kier molecular flexibility index (Phi) is 6.79. The van der Waals surface area contributed by atoms with Gasteiger partial charge in [0.2, 0.25) is 0 Å². The number of nitrogens with one attached hydrogen (secondary N) is 1. The molecule has 0 saturated carbocycles. The van der Waals surface area contributed by atoms with E-state index in [0.29, 0.717) is 22.3 Å². The van der Waals surface area contributed by atoms with E-state index < -0.39 is 9.84 Å². The Labute approximate surface area is 192 Å². The second-order valence-electron chi connectivity index (χ2n) is 8.13. The van der Waals surface area contributed by atoms with Crippen LogP contribution in [-0.2, 0) is 16.3 Å². The lowest BCUT2D eigenvalue weighted by molar-refractivity contribution is 0.0925. The molecule has 5 nitrogen and oxygen atoms in total. The zero-order valence-electron chi connectivity index (χ0n) is 17.2. The van der Waals surface area contributed by atoms with Crippen molar-refractivity contribution in [1.82, 2.24) is 10.2 Å². The van der Waals surface area contributed by atoms with Crippen LogP contribution in [0.5, 0.6) is 5.75 Å². The second-order valence-corrected chi connectivity index (χ2v) is 11.0. The molecule has 1 saturated heterocycles. The van der Waals surface area contributed by atoms with Crippen LogP contribution >= 0.6 is 23.2 Å². The predicted octanol–water partition coefficient (Wildman–Crippen LogP) is 4.08. The summed E-state index contributed by atoms with van der Waals surface area (Å²) in [5.74, 6) is 0.581. The molecule has 0 bridgehead atoms. The number of alkyl halides is 1. The second kappa shape index (κ2) is 9.24. The molecule has 1 fully saturated rings. The maximum Gasteiger partial charge on any atom is 0.175 e. The molecule has 4 rings (SSSR count). The number of hydrogen-bond acceptors (Lipinski definition) is 5. The Morgan fingerprint density at radius 3 is 2.65 bits per heavy atom. The lowest BCUT2D eigenvalue weighted by Crippen LogP contribution is -2.41. The third kappa shape index (κ3) is 5.01. The maximum absolute atomic E-state index is 12.6. The van der Waals surface area contributed by atoms with Crippen LogP contribution < -0.4 is 10.1 Å². The van der Waals surface area contributed by atoms with Gasteiger partial charge in [-0.15, -0.1) is 0 Å². The molecular formula is C22H25Cl2FN2O3S. The molecule has 0 radical (unpaired) electrons. The Morgan fingerprint density at radius 2 is 1.97 bits per heavy atom. The number of sulfone groups is 1. The molecule has 2 aromatic carbocycles. The van der Waals surface area contributed by atoms with Gasteiger partial charge in [-0.3, -0.25) is 4.90 Å². The van der Waals surface area contributed by atoms with Gasteiger partial charge >= 0.3 is 0 Å². The molecule has 2 aliphatic rings. The molecule has 168 valence electrons. The average molecular weight is 487 g/mol. The normalized spacial score (nSPS) is 23.8. The minimum atomic E-state index is -3.28. The fourth-order valence-corrected chi connectivity index (χ4v) is 5.72. The molecule has 1 aliphatic carbocycles.